The maximum Gasteiger partial charge on any atom is 0.405 e. The first kappa shape index (κ1) is 15.7. The minimum atomic E-state index is -4.57. The Labute approximate surface area is 110 Å². The fourth-order valence-corrected chi connectivity index (χ4v) is 1.16. The fourth-order valence-electron chi connectivity index (χ4n) is 1.16. The molecule has 0 atom stereocenters. The lowest BCUT2D eigenvalue weighted by atomic mass is 10.2. The van der Waals surface area contributed by atoms with E-state index in [1.807, 2.05) is 0 Å². The number of nitrogens with two attached hydrogens (primary N) is 1. The van der Waals surface area contributed by atoms with Gasteiger partial charge in [0.2, 0.25) is 0 Å². The van der Waals surface area contributed by atoms with E-state index in [9.17, 15) is 27.2 Å². The molecule has 0 aliphatic rings. The number of nitrogens with one attached hydrogen (secondary N) is 1. The molecule has 0 aliphatic carbocycles. The van der Waals surface area contributed by atoms with E-state index in [4.69, 9.17) is 5.73 Å². The number of amides is 1. The lowest BCUT2D eigenvalue weighted by molar-refractivity contribution is -0.140. The maximum atomic E-state index is 13.3. The van der Waals surface area contributed by atoms with Crippen molar-refractivity contribution in [2.45, 2.75) is 6.18 Å². The molecule has 110 valence electrons. The average Bonchev–Trinajstić information content (AvgIpc) is 2.32. The van der Waals surface area contributed by atoms with E-state index in [2.05, 4.69) is 4.74 Å². The van der Waals surface area contributed by atoms with Gasteiger partial charge >= 0.3 is 12.1 Å². The molecule has 0 heterocycles. The van der Waals surface area contributed by atoms with Gasteiger partial charge in [-0.05, 0) is 18.2 Å². The number of carbonyl (C=O) groups excluding carboxylic acids is 2. The molecule has 0 unspecified atom stereocenters. The molecule has 0 fully saturated rings. The van der Waals surface area contributed by atoms with E-state index in [0.29, 0.717) is 0 Å². The highest BCUT2D eigenvalue weighted by atomic mass is 19.4. The summed E-state index contributed by atoms with van der Waals surface area (Å²) in [4.78, 5) is 22.3. The van der Waals surface area contributed by atoms with Crippen LogP contribution in [0.15, 0.2) is 18.2 Å². The Hall–Kier alpha value is -2.32. The zero-order chi connectivity index (χ0) is 15.3. The average molecular weight is 294 g/mol. The largest absolute Gasteiger partial charge is 0.452 e. The van der Waals surface area contributed by atoms with Crippen molar-refractivity contribution in [2.75, 3.05) is 18.9 Å². The summed E-state index contributed by atoms with van der Waals surface area (Å²) in [5, 5.41) is 1.50. The summed E-state index contributed by atoms with van der Waals surface area (Å²) >= 11 is 0. The molecular formula is C11H10F4N2O3. The van der Waals surface area contributed by atoms with Gasteiger partial charge in [-0.25, -0.2) is 9.18 Å². The summed E-state index contributed by atoms with van der Waals surface area (Å²) in [5.74, 6) is -3.28. The number of carbonyl (C=O) groups is 2. The van der Waals surface area contributed by atoms with Gasteiger partial charge in [-0.15, -0.1) is 0 Å². The Bertz CT molecular complexity index is 517. The Morgan fingerprint density at radius 1 is 1.30 bits per heavy atom. The Morgan fingerprint density at radius 2 is 1.95 bits per heavy atom. The van der Waals surface area contributed by atoms with Crippen LogP contribution < -0.4 is 11.1 Å². The van der Waals surface area contributed by atoms with Gasteiger partial charge in [-0.3, -0.25) is 4.79 Å². The second-order valence-corrected chi connectivity index (χ2v) is 3.71. The summed E-state index contributed by atoms with van der Waals surface area (Å²) in [6.07, 6.45) is -4.57. The maximum absolute atomic E-state index is 13.3. The molecule has 9 heteroatoms. The zero-order valence-corrected chi connectivity index (χ0v) is 9.96. The molecule has 0 spiro atoms. The van der Waals surface area contributed by atoms with Crippen LogP contribution >= 0.6 is 0 Å². The van der Waals surface area contributed by atoms with Crippen molar-refractivity contribution in [3.05, 3.63) is 29.6 Å². The molecular weight excluding hydrogens is 284 g/mol. The number of esters is 1. The number of anilines is 1. The summed E-state index contributed by atoms with van der Waals surface area (Å²) in [6.45, 7) is -2.49. The number of hydrogen-bond donors (Lipinski definition) is 2. The van der Waals surface area contributed by atoms with Gasteiger partial charge in [-0.2, -0.15) is 13.2 Å². The van der Waals surface area contributed by atoms with Crippen LogP contribution in [-0.2, 0) is 9.53 Å². The summed E-state index contributed by atoms with van der Waals surface area (Å²) < 4.78 is 53.0. The molecule has 0 aromatic heterocycles. The Morgan fingerprint density at radius 3 is 2.50 bits per heavy atom. The number of benzene rings is 1. The first-order valence-electron chi connectivity index (χ1n) is 5.24. The van der Waals surface area contributed by atoms with Crippen LogP contribution in [-0.4, -0.2) is 31.2 Å². The van der Waals surface area contributed by atoms with Crippen molar-refractivity contribution in [3.63, 3.8) is 0 Å². The Balaban J connectivity index is 2.49. The predicted octanol–water partition coefficient (Wildman–Crippen LogP) is 1.24. The van der Waals surface area contributed by atoms with Crippen molar-refractivity contribution >= 4 is 17.6 Å². The van der Waals surface area contributed by atoms with Gasteiger partial charge in [0.25, 0.3) is 5.91 Å². The van der Waals surface area contributed by atoms with Crippen LogP contribution in [0, 0.1) is 5.82 Å². The third-order valence-corrected chi connectivity index (χ3v) is 2.03. The predicted molar refractivity (Wildman–Crippen MR) is 60.2 cm³/mol. The molecule has 0 aliphatic heterocycles. The number of hydrogen-bond acceptors (Lipinski definition) is 4. The quantitative estimate of drug-likeness (QED) is 0.497. The van der Waals surface area contributed by atoms with Gasteiger partial charge < -0.3 is 15.8 Å². The van der Waals surface area contributed by atoms with Crippen molar-refractivity contribution in [1.29, 1.82) is 0 Å². The molecule has 1 amide bonds. The number of nitrogen functional groups attached to an aromatic ring is 1. The highest BCUT2D eigenvalue weighted by molar-refractivity contribution is 5.91. The smallest absolute Gasteiger partial charge is 0.405 e. The van der Waals surface area contributed by atoms with Gasteiger partial charge in [0, 0.05) is 5.69 Å². The molecule has 1 rings (SSSR count). The minimum Gasteiger partial charge on any atom is -0.452 e. The summed E-state index contributed by atoms with van der Waals surface area (Å²) in [6, 6.07) is 3.16. The van der Waals surface area contributed by atoms with E-state index in [0.717, 1.165) is 12.1 Å². The van der Waals surface area contributed by atoms with Crippen LogP contribution in [0.5, 0.6) is 0 Å². The van der Waals surface area contributed by atoms with Crippen LogP contribution in [0.1, 0.15) is 10.4 Å². The van der Waals surface area contributed by atoms with Crippen LogP contribution in [0.4, 0.5) is 23.2 Å². The fraction of sp³-hybridized carbons (Fsp3) is 0.273. The first-order chi connectivity index (χ1) is 9.19. The third kappa shape index (κ3) is 5.12. The summed E-state index contributed by atoms with van der Waals surface area (Å²) in [7, 11) is 0. The van der Waals surface area contributed by atoms with Crippen LogP contribution in [0.2, 0.25) is 0 Å². The number of halogens is 4. The van der Waals surface area contributed by atoms with Gasteiger partial charge in [-0.1, -0.05) is 0 Å². The monoisotopic (exact) mass is 294 g/mol. The molecule has 0 radical (unpaired) electrons. The molecule has 5 nitrogen and oxygen atoms in total. The van der Waals surface area contributed by atoms with Crippen molar-refractivity contribution < 1.29 is 31.9 Å². The highest BCUT2D eigenvalue weighted by Crippen LogP contribution is 2.13. The highest BCUT2D eigenvalue weighted by Gasteiger charge is 2.27. The second-order valence-electron chi connectivity index (χ2n) is 3.71. The van der Waals surface area contributed by atoms with Gasteiger partial charge in [0.1, 0.15) is 12.4 Å². The van der Waals surface area contributed by atoms with E-state index < -0.39 is 42.6 Å². The van der Waals surface area contributed by atoms with E-state index in [-0.39, 0.29) is 5.69 Å². The molecule has 3 N–H and O–H groups in total. The topological polar surface area (TPSA) is 81.4 Å². The van der Waals surface area contributed by atoms with E-state index in [1.165, 1.54) is 11.4 Å². The molecule has 0 saturated carbocycles. The number of alkyl halides is 3. The Kier molecular flexibility index (Phi) is 4.89. The number of ether oxygens (including phenoxy) is 1. The van der Waals surface area contributed by atoms with E-state index in [1.54, 1.807) is 0 Å². The van der Waals surface area contributed by atoms with Crippen molar-refractivity contribution in [1.82, 2.24) is 5.32 Å². The van der Waals surface area contributed by atoms with Gasteiger partial charge in [0.05, 0.1) is 5.56 Å². The molecule has 0 bridgehead atoms. The molecule has 20 heavy (non-hydrogen) atoms. The lowest BCUT2D eigenvalue weighted by Crippen LogP contribution is -2.36. The van der Waals surface area contributed by atoms with Crippen LogP contribution in [0.3, 0.4) is 0 Å². The third-order valence-electron chi connectivity index (χ3n) is 2.03. The number of rotatable bonds is 4. The van der Waals surface area contributed by atoms with Crippen molar-refractivity contribution in [2.24, 2.45) is 0 Å². The zero-order valence-electron chi connectivity index (χ0n) is 9.96. The SMILES string of the molecule is Nc1ccc(C(=O)OCC(=O)NCC(F)(F)F)c(F)c1. The van der Waals surface area contributed by atoms with Gasteiger partial charge in [0.15, 0.2) is 6.61 Å². The second kappa shape index (κ2) is 6.22. The van der Waals surface area contributed by atoms with Crippen LogP contribution in [0.25, 0.3) is 0 Å². The van der Waals surface area contributed by atoms with Crippen molar-refractivity contribution in [3.8, 4) is 0 Å². The normalized spacial score (nSPS) is 11.0. The van der Waals surface area contributed by atoms with E-state index >= 15 is 0 Å². The molecule has 1 aromatic carbocycles. The molecule has 0 saturated heterocycles. The standard InChI is InChI=1S/C11H10F4N2O3/c12-8-3-6(16)1-2-7(8)10(19)20-4-9(18)17-5-11(13,14)15/h1-3H,4-5,16H2,(H,17,18). The lowest BCUT2D eigenvalue weighted by Gasteiger charge is -2.09. The summed E-state index contributed by atoms with van der Waals surface area (Å²) in [5.41, 5.74) is 4.88. The minimum absolute atomic E-state index is 0.0852. The first-order valence-corrected chi connectivity index (χ1v) is 5.24. The molecule has 1 aromatic rings.